The van der Waals surface area contributed by atoms with Gasteiger partial charge in [-0.3, -0.25) is 9.67 Å². The minimum atomic E-state index is 0.0328. The Morgan fingerprint density at radius 1 is 1.29 bits per heavy atom. The van der Waals surface area contributed by atoms with Gasteiger partial charge in [0.05, 0.1) is 12.2 Å². The van der Waals surface area contributed by atoms with Gasteiger partial charge >= 0.3 is 0 Å². The van der Waals surface area contributed by atoms with Crippen molar-refractivity contribution in [3.8, 4) is 11.4 Å². The predicted octanol–water partition coefficient (Wildman–Crippen LogP) is 0.766. The van der Waals surface area contributed by atoms with E-state index in [9.17, 15) is 0 Å². The maximum atomic E-state index is 4.39. The molecule has 0 spiro atoms. The monoisotopic (exact) mass is 281 g/mol. The van der Waals surface area contributed by atoms with Crippen molar-refractivity contribution in [2.45, 2.75) is 12.6 Å². The smallest absolute Gasteiger partial charge is 0.165 e. The Morgan fingerprint density at radius 2 is 2.24 bits per heavy atom. The Morgan fingerprint density at radius 3 is 3.00 bits per heavy atom. The summed E-state index contributed by atoms with van der Waals surface area (Å²) < 4.78 is 3.96. The van der Waals surface area contributed by atoms with Gasteiger partial charge in [-0.2, -0.15) is 5.10 Å². The highest BCUT2D eigenvalue weighted by Gasteiger charge is 2.27. The van der Waals surface area contributed by atoms with Crippen LogP contribution in [0.3, 0.4) is 0 Å². The molecular weight excluding hydrogens is 266 g/mol. The molecule has 0 aliphatic carbocycles. The van der Waals surface area contributed by atoms with Crippen molar-refractivity contribution in [2.75, 3.05) is 6.54 Å². The van der Waals surface area contributed by atoms with E-state index in [-0.39, 0.29) is 6.04 Å². The molecule has 3 aromatic heterocycles. The second kappa shape index (κ2) is 4.78. The van der Waals surface area contributed by atoms with Gasteiger partial charge in [0.25, 0.3) is 0 Å². The normalized spacial score (nSPS) is 17.7. The lowest BCUT2D eigenvalue weighted by atomic mass is 10.1. The number of hydrogen-bond donors (Lipinski definition) is 1. The van der Waals surface area contributed by atoms with Crippen molar-refractivity contribution >= 4 is 0 Å². The second-order valence-corrected chi connectivity index (χ2v) is 5.11. The number of aryl methyl sites for hydroxylation is 1. The van der Waals surface area contributed by atoms with Crippen LogP contribution in [0, 0.1) is 0 Å². The number of aromatic nitrogens is 6. The van der Waals surface area contributed by atoms with Crippen molar-refractivity contribution < 1.29 is 0 Å². The third kappa shape index (κ3) is 2.02. The van der Waals surface area contributed by atoms with E-state index in [0.29, 0.717) is 0 Å². The Balaban J connectivity index is 1.78. The number of nitrogens with zero attached hydrogens (tertiary/aromatic N) is 6. The maximum Gasteiger partial charge on any atom is 0.165 e. The van der Waals surface area contributed by atoms with Crippen molar-refractivity contribution in [1.29, 1.82) is 0 Å². The molecule has 106 valence electrons. The van der Waals surface area contributed by atoms with Crippen molar-refractivity contribution in [3.63, 3.8) is 0 Å². The van der Waals surface area contributed by atoms with E-state index >= 15 is 0 Å². The zero-order chi connectivity index (χ0) is 14.2. The van der Waals surface area contributed by atoms with Gasteiger partial charge in [-0.05, 0) is 12.1 Å². The molecular formula is C14H15N7. The molecule has 0 saturated heterocycles. The summed E-state index contributed by atoms with van der Waals surface area (Å²) in [6.07, 6.45) is 7.45. The molecule has 0 aromatic carbocycles. The third-order valence-electron chi connectivity index (χ3n) is 3.70. The van der Waals surface area contributed by atoms with Crippen molar-refractivity contribution in [1.82, 2.24) is 34.8 Å². The highest BCUT2D eigenvalue weighted by atomic mass is 15.3. The lowest BCUT2D eigenvalue weighted by molar-refractivity contribution is 0.458. The van der Waals surface area contributed by atoms with Crippen LogP contribution in [0.2, 0.25) is 0 Å². The summed E-state index contributed by atoms with van der Waals surface area (Å²) >= 11 is 0. The number of nitrogens with one attached hydrogen (secondary N) is 1. The molecule has 4 heterocycles. The largest absolute Gasteiger partial charge is 0.308 e. The Bertz CT molecular complexity index is 759. The molecule has 1 N–H and O–H groups in total. The predicted molar refractivity (Wildman–Crippen MR) is 76.3 cm³/mol. The summed E-state index contributed by atoms with van der Waals surface area (Å²) in [5, 5.41) is 16.5. The number of pyridine rings is 1. The fraction of sp³-hybridized carbons (Fsp3) is 0.286. The van der Waals surface area contributed by atoms with Crippen LogP contribution in [0.15, 0.2) is 36.9 Å². The number of hydrogen-bond acceptors (Lipinski definition) is 5. The zero-order valence-corrected chi connectivity index (χ0v) is 11.6. The van der Waals surface area contributed by atoms with E-state index < -0.39 is 0 Å². The molecule has 0 amide bonds. The molecule has 1 unspecified atom stereocenters. The molecule has 7 nitrogen and oxygen atoms in total. The fourth-order valence-electron chi connectivity index (χ4n) is 2.73. The Kier molecular flexibility index (Phi) is 2.78. The van der Waals surface area contributed by atoms with Crippen molar-refractivity contribution in [2.24, 2.45) is 7.05 Å². The first kappa shape index (κ1) is 12.2. The van der Waals surface area contributed by atoms with Gasteiger partial charge < -0.3 is 9.88 Å². The van der Waals surface area contributed by atoms with Gasteiger partial charge in [0.15, 0.2) is 11.6 Å². The summed E-state index contributed by atoms with van der Waals surface area (Å²) in [5.41, 5.74) is 2.09. The number of rotatable bonds is 2. The summed E-state index contributed by atoms with van der Waals surface area (Å²) in [4.78, 5) is 4.16. The second-order valence-electron chi connectivity index (χ2n) is 5.11. The minimum Gasteiger partial charge on any atom is -0.308 e. The summed E-state index contributed by atoms with van der Waals surface area (Å²) in [6, 6.07) is 3.95. The molecule has 0 fully saturated rings. The highest BCUT2D eigenvalue weighted by Crippen LogP contribution is 2.27. The molecule has 7 heteroatoms. The standard InChI is InChI=1S/C14H15N7/c1-20-9-11(8-17-20)12-14-19-18-13(21(14)6-5-16-12)10-3-2-4-15-7-10/h2-4,7-9,12,16H,5-6H2,1H3. The van der Waals surface area contributed by atoms with Gasteiger partial charge in [0, 0.05) is 49.9 Å². The van der Waals surface area contributed by atoms with Crippen LogP contribution >= 0.6 is 0 Å². The molecule has 1 atom stereocenters. The van der Waals surface area contributed by atoms with E-state index in [1.807, 2.05) is 37.8 Å². The van der Waals surface area contributed by atoms with Gasteiger partial charge in [-0.15, -0.1) is 10.2 Å². The van der Waals surface area contributed by atoms with Crippen LogP contribution in [-0.2, 0) is 13.6 Å². The van der Waals surface area contributed by atoms with E-state index in [1.165, 1.54) is 0 Å². The van der Waals surface area contributed by atoms with Crippen LogP contribution in [0.1, 0.15) is 17.4 Å². The van der Waals surface area contributed by atoms with Crippen LogP contribution in [0.5, 0.6) is 0 Å². The molecule has 4 rings (SSSR count). The molecule has 1 aliphatic heterocycles. The third-order valence-corrected chi connectivity index (χ3v) is 3.70. The van der Waals surface area contributed by atoms with Crippen LogP contribution < -0.4 is 5.32 Å². The Labute approximate surface area is 121 Å². The maximum absolute atomic E-state index is 4.39. The first-order valence-corrected chi connectivity index (χ1v) is 6.88. The first-order valence-electron chi connectivity index (χ1n) is 6.88. The summed E-state index contributed by atoms with van der Waals surface area (Å²) in [5.74, 6) is 1.79. The number of fused-ring (bicyclic) bond motifs is 1. The SMILES string of the molecule is Cn1cc(C2NCCn3c(-c4cccnc4)nnc32)cn1. The van der Waals surface area contributed by atoms with Crippen LogP contribution in [0.25, 0.3) is 11.4 Å². The first-order chi connectivity index (χ1) is 10.3. The fourth-order valence-corrected chi connectivity index (χ4v) is 2.73. The van der Waals surface area contributed by atoms with E-state index in [2.05, 4.69) is 30.2 Å². The minimum absolute atomic E-state index is 0.0328. The molecule has 21 heavy (non-hydrogen) atoms. The van der Waals surface area contributed by atoms with Gasteiger partial charge in [0.1, 0.15) is 0 Å². The highest BCUT2D eigenvalue weighted by molar-refractivity contribution is 5.54. The lowest BCUT2D eigenvalue weighted by Crippen LogP contribution is -2.34. The molecule has 1 aliphatic rings. The zero-order valence-electron chi connectivity index (χ0n) is 11.6. The van der Waals surface area contributed by atoms with Crippen LogP contribution in [0.4, 0.5) is 0 Å². The molecule has 0 radical (unpaired) electrons. The van der Waals surface area contributed by atoms with Gasteiger partial charge in [-0.1, -0.05) is 0 Å². The average Bonchev–Trinajstić information content (AvgIpc) is 3.14. The topological polar surface area (TPSA) is 73.5 Å². The summed E-state index contributed by atoms with van der Waals surface area (Å²) in [6.45, 7) is 1.72. The molecule has 0 bridgehead atoms. The molecule has 3 aromatic rings. The quantitative estimate of drug-likeness (QED) is 0.751. The Hall–Kier alpha value is -2.54. The van der Waals surface area contributed by atoms with E-state index in [4.69, 9.17) is 0 Å². The van der Waals surface area contributed by atoms with E-state index in [0.717, 1.165) is 35.9 Å². The van der Waals surface area contributed by atoms with Crippen molar-refractivity contribution in [3.05, 3.63) is 48.3 Å². The average molecular weight is 281 g/mol. The summed E-state index contributed by atoms with van der Waals surface area (Å²) in [7, 11) is 1.91. The van der Waals surface area contributed by atoms with E-state index in [1.54, 1.807) is 10.9 Å². The lowest BCUT2D eigenvalue weighted by Gasteiger charge is -2.24. The van der Waals surface area contributed by atoms with Gasteiger partial charge in [-0.25, -0.2) is 0 Å². The van der Waals surface area contributed by atoms with Gasteiger partial charge in [0.2, 0.25) is 0 Å². The van der Waals surface area contributed by atoms with Crippen LogP contribution in [-0.4, -0.2) is 36.1 Å². The molecule has 0 saturated carbocycles.